The fourth-order valence-corrected chi connectivity index (χ4v) is 1.77. The monoisotopic (exact) mass is 289 g/mol. The minimum absolute atomic E-state index is 0.313. The summed E-state index contributed by atoms with van der Waals surface area (Å²) in [5, 5.41) is 16.7. The third kappa shape index (κ3) is 26.1. The molecule has 0 aromatic rings. The van der Waals surface area contributed by atoms with E-state index in [4.69, 9.17) is 10.2 Å². The Morgan fingerprint density at radius 1 is 0.900 bits per heavy atom. The molecule has 0 saturated carbocycles. The van der Waals surface area contributed by atoms with Gasteiger partial charge in [0.2, 0.25) is 0 Å². The number of carbonyl (C=O) groups is 1. The van der Waals surface area contributed by atoms with Gasteiger partial charge in [-0.05, 0) is 39.9 Å². The highest BCUT2D eigenvalue weighted by Gasteiger charge is 1.96. The van der Waals surface area contributed by atoms with Crippen LogP contribution in [0.3, 0.4) is 0 Å². The van der Waals surface area contributed by atoms with Crippen LogP contribution in [0, 0.1) is 0 Å². The molecule has 2 N–H and O–H groups in total. The molecule has 122 valence electrons. The van der Waals surface area contributed by atoms with Gasteiger partial charge in [0, 0.05) is 13.0 Å². The highest BCUT2D eigenvalue weighted by Crippen LogP contribution is 2.03. The molecule has 4 heteroatoms. The second-order valence-electron chi connectivity index (χ2n) is 5.50. The lowest BCUT2D eigenvalue weighted by Crippen LogP contribution is -2.12. The van der Waals surface area contributed by atoms with Gasteiger partial charge in [-0.25, -0.2) is 0 Å². The highest BCUT2D eigenvalue weighted by atomic mass is 16.4. The molecule has 0 unspecified atom stereocenters. The molecule has 0 radical (unpaired) electrons. The Balaban J connectivity index is 0. The van der Waals surface area contributed by atoms with Crippen molar-refractivity contribution in [1.29, 1.82) is 0 Å². The number of aliphatic hydroxyl groups is 1. The summed E-state index contributed by atoms with van der Waals surface area (Å²) in [6.07, 6.45) is 10.7. The highest BCUT2D eigenvalue weighted by molar-refractivity contribution is 5.66. The second-order valence-corrected chi connectivity index (χ2v) is 5.50. The number of unbranched alkanes of at least 4 members (excludes halogenated alkanes) is 7. The third-order valence-corrected chi connectivity index (χ3v) is 3.01. The molecule has 0 saturated heterocycles. The van der Waals surface area contributed by atoms with Gasteiger partial charge in [-0.3, -0.25) is 4.79 Å². The largest absolute Gasteiger partial charge is 0.481 e. The smallest absolute Gasteiger partial charge is 0.303 e. The number of aliphatic hydroxyl groups excluding tert-OH is 1. The third-order valence-electron chi connectivity index (χ3n) is 3.01. The van der Waals surface area contributed by atoms with Crippen molar-refractivity contribution in [2.75, 3.05) is 27.2 Å². The topological polar surface area (TPSA) is 60.8 Å². The van der Waals surface area contributed by atoms with E-state index in [1.807, 2.05) is 14.1 Å². The van der Waals surface area contributed by atoms with E-state index in [2.05, 4.69) is 11.8 Å². The number of carboxylic acids is 1. The van der Waals surface area contributed by atoms with Crippen LogP contribution in [0.25, 0.3) is 0 Å². The van der Waals surface area contributed by atoms with Crippen LogP contribution in [-0.2, 0) is 4.79 Å². The number of carboxylic acid groups (broad SMARTS) is 1. The zero-order valence-electron chi connectivity index (χ0n) is 13.7. The normalized spacial score (nSPS) is 10.2. The average Bonchev–Trinajstić information content (AvgIpc) is 2.38. The van der Waals surface area contributed by atoms with Gasteiger partial charge in [-0.15, -0.1) is 0 Å². The summed E-state index contributed by atoms with van der Waals surface area (Å²) < 4.78 is 0. The molecule has 4 nitrogen and oxygen atoms in total. The van der Waals surface area contributed by atoms with Crippen molar-refractivity contribution in [1.82, 2.24) is 4.90 Å². The molecule has 20 heavy (non-hydrogen) atoms. The molecule has 0 heterocycles. The van der Waals surface area contributed by atoms with Crippen molar-refractivity contribution in [3.63, 3.8) is 0 Å². The first-order chi connectivity index (χ1) is 9.54. The van der Waals surface area contributed by atoms with E-state index in [9.17, 15) is 4.79 Å². The molecule has 0 aliphatic rings. The summed E-state index contributed by atoms with van der Waals surface area (Å²) in [5.74, 6) is -0.685. The van der Waals surface area contributed by atoms with Crippen LogP contribution in [0.1, 0.15) is 71.1 Å². The maximum Gasteiger partial charge on any atom is 0.303 e. The lowest BCUT2D eigenvalue weighted by molar-refractivity contribution is -0.137. The van der Waals surface area contributed by atoms with E-state index in [0.29, 0.717) is 13.0 Å². The van der Waals surface area contributed by atoms with Crippen molar-refractivity contribution in [3.8, 4) is 0 Å². The second kappa shape index (κ2) is 18.4. The fraction of sp³-hybridized carbons (Fsp3) is 0.938. The summed E-state index contributed by atoms with van der Waals surface area (Å²) in [4.78, 5) is 12.2. The van der Waals surface area contributed by atoms with Crippen molar-refractivity contribution in [3.05, 3.63) is 0 Å². The number of rotatable bonds is 12. The van der Waals surface area contributed by atoms with E-state index in [0.717, 1.165) is 32.2 Å². The Kier molecular flexibility index (Phi) is 19.9. The first kappa shape index (κ1) is 21.7. The lowest BCUT2D eigenvalue weighted by Gasteiger charge is -2.07. The van der Waals surface area contributed by atoms with E-state index < -0.39 is 5.97 Å². The molecule has 0 fully saturated rings. The number of hydrogen-bond donors (Lipinski definition) is 2. The van der Waals surface area contributed by atoms with Crippen molar-refractivity contribution in [2.45, 2.75) is 71.1 Å². The number of aliphatic carboxylic acids is 1. The van der Waals surface area contributed by atoms with Gasteiger partial charge in [0.1, 0.15) is 0 Å². The molecular weight excluding hydrogens is 254 g/mol. The molecule has 0 aromatic carbocycles. The van der Waals surface area contributed by atoms with Crippen LogP contribution in [0.2, 0.25) is 0 Å². The summed E-state index contributed by atoms with van der Waals surface area (Å²) in [6, 6.07) is 0. The van der Waals surface area contributed by atoms with E-state index in [1.54, 1.807) is 0 Å². The Bertz CT molecular complexity index is 190. The van der Waals surface area contributed by atoms with Crippen LogP contribution in [0.5, 0.6) is 0 Å². The van der Waals surface area contributed by atoms with E-state index >= 15 is 0 Å². The maximum atomic E-state index is 10.1. The summed E-state index contributed by atoms with van der Waals surface area (Å²) >= 11 is 0. The Morgan fingerprint density at radius 3 is 1.95 bits per heavy atom. The van der Waals surface area contributed by atoms with Gasteiger partial charge in [0.15, 0.2) is 0 Å². The minimum atomic E-state index is -0.685. The van der Waals surface area contributed by atoms with Gasteiger partial charge in [-0.1, -0.05) is 45.4 Å². The molecular formula is C16H35NO3. The maximum absolute atomic E-state index is 10.1. The Hall–Kier alpha value is -0.610. The summed E-state index contributed by atoms with van der Waals surface area (Å²) in [6.45, 7) is 3.64. The van der Waals surface area contributed by atoms with Crippen molar-refractivity contribution < 1.29 is 15.0 Å². The van der Waals surface area contributed by atoms with Crippen LogP contribution in [0.4, 0.5) is 0 Å². The van der Waals surface area contributed by atoms with Crippen molar-refractivity contribution in [2.24, 2.45) is 0 Å². The Morgan fingerprint density at radius 2 is 1.45 bits per heavy atom. The first-order valence-electron chi connectivity index (χ1n) is 8.02. The van der Waals surface area contributed by atoms with E-state index in [-0.39, 0.29) is 0 Å². The van der Waals surface area contributed by atoms with Crippen LogP contribution in [0.15, 0.2) is 0 Å². The minimum Gasteiger partial charge on any atom is -0.481 e. The molecule has 0 aromatic heterocycles. The van der Waals surface area contributed by atoms with Gasteiger partial charge < -0.3 is 15.1 Å². The molecule has 0 aliphatic heterocycles. The van der Waals surface area contributed by atoms with E-state index in [1.165, 1.54) is 32.1 Å². The molecule has 0 atom stereocenters. The molecule has 0 rings (SSSR count). The van der Waals surface area contributed by atoms with Crippen LogP contribution < -0.4 is 0 Å². The quantitative estimate of drug-likeness (QED) is 0.540. The predicted octanol–water partition coefficient (Wildman–Crippen LogP) is 3.53. The fourth-order valence-electron chi connectivity index (χ4n) is 1.77. The number of hydrogen-bond acceptors (Lipinski definition) is 3. The summed E-state index contributed by atoms with van der Waals surface area (Å²) in [5.41, 5.74) is 0. The first-order valence-corrected chi connectivity index (χ1v) is 8.02. The molecule has 0 spiro atoms. The van der Waals surface area contributed by atoms with Gasteiger partial charge in [0.25, 0.3) is 0 Å². The molecule has 0 bridgehead atoms. The molecule has 0 amide bonds. The van der Waals surface area contributed by atoms with Crippen LogP contribution in [-0.4, -0.2) is 48.3 Å². The average molecular weight is 289 g/mol. The number of nitrogens with zero attached hydrogens (tertiary/aromatic N) is 1. The predicted molar refractivity (Wildman–Crippen MR) is 85.1 cm³/mol. The summed E-state index contributed by atoms with van der Waals surface area (Å²) in [7, 11) is 4.05. The molecule has 0 aliphatic carbocycles. The van der Waals surface area contributed by atoms with Gasteiger partial charge in [-0.2, -0.15) is 0 Å². The SMILES string of the molecule is CCCCCCCCO.CN(C)CCCCCC(=O)O. The van der Waals surface area contributed by atoms with Gasteiger partial charge >= 0.3 is 5.97 Å². The standard InChI is InChI=1S/C8H17NO2.C8H18O/c1-9(2)7-5-3-4-6-8(10)11;1-2-3-4-5-6-7-8-9/h3-7H2,1-2H3,(H,10,11);9H,2-8H2,1H3. The lowest BCUT2D eigenvalue weighted by atomic mass is 10.1. The zero-order chi connectivity index (χ0) is 15.6. The zero-order valence-corrected chi connectivity index (χ0v) is 13.7. The van der Waals surface area contributed by atoms with Gasteiger partial charge in [0.05, 0.1) is 0 Å². The van der Waals surface area contributed by atoms with Crippen LogP contribution >= 0.6 is 0 Å². The van der Waals surface area contributed by atoms with Crippen molar-refractivity contribution >= 4 is 5.97 Å². The Labute approximate surface area is 125 Å².